The predicted molar refractivity (Wildman–Crippen MR) is 52.1 cm³/mol. The molecule has 0 heterocycles. The molecule has 12 heavy (non-hydrogen) atoms. The summed E-state index contributed by atoms with van der Waals surface area (Å²) in [4.78, 5) is 0. The molecule has 0 saturated heterocycles. The minimum atomic E-state index is -2.82. The van der Waals surface area contributed by atoms with E-state index in [0.29, 0.717) is 0 Å². The molecule has 3 nitrogen and oxygen atoms in total. The van der Waals surface area contributed by atoms with Crippen LogP contribution in [0.25, 0.3) is 0 Å². The molecule has 1 atom stereocenters. The molecule has 4 heteroatoms. The van der Waals surface area contributed by atoms with Crippen LogP contribution in [0.2, 0.25) is 0 Å². The second-order valence-corrected chi connectivity index (χ2v) is 5.26. The van der Waals surface area contributed by atoms with Crippen LogP contribution in [0.15, 0.2) is 0 Å². The standard InChI is InChI=1S/C8H19NO2S/c1-4-8(9-5-2)7-12(10,11)6-3/h8-9H,4-7H2,1-3H3. The maximum absolute atomic E-state index is 11.2. The lowest BCUT2D eigenvalue weighted by atomic mass is 10.2. The number of sulfone groups is 1. The molecular weight excluding hydrogens is 174 g/mol. The minimum Gasteiger partial charge on any atom is -0.313 e. The lowest BCUT2D eigenvalue weighted by Crippen LogP contribution is -2.35. The SMILES string of the molecule is CCNC(CC)CS(=O)(=O)CC. The Hall–Kier alpha value is -0.0900. The molecule has 0 aromatic rings. The minimum absolute atomic E-state index is 0.125. The topological polar surface area (TPSA) is 46.2 Å². The van der Waals surface area contributed by atoms with Crippen LogP contribution >= 0.6 is 0 Å². The molecule has 0 aliphatic rings. The van der Waals surface area contributed by atoms with Crippen molar-refractivity contribution in [3.63, 3.8) is 0 Å². The zero-order chi connectivity index (χ0) is 9.61. The third-order valence-corrected chi connectivity index (χ3v) is 3.67. The van der Waals surface area contributed by atoms with Gasteiger partial charge in [0, 0.05) is 11.8 Å². The van der Waals surface area contributed by atoms with Crippen LogP contribution in [0.4, 0.5) is 0 Å². The molecule has 0 spiro atoms. The van der Waals surface area contributed by atoms with Gasteiger partial charge in [-0.25, -0.2) is 8.42 Å². The molecule has 0 aromatic carbocycles. The largest absolute Gasteiger partial charge is 0.313 e. The van der Waals surface area contributed by atoms with Crippen LogP contribution in [0.3, 0.4) is 0 Å². The van der Waals surface area contributed by atoms with Gasteiger partial charge >= 0.3 is 0 Å². The van der Waals surface area contributed by atoms with Gasteiger partial charge in [0.2, 0.25) is 0 Å². The van der Waals surface area contributed by atoms with E-state index in [-0.39, 0.29) is 17.5 Å². The van der Waals surface area contributed by atoms with Crippen LogP contribution in [-0.4, -0.2) is 32.5 Å². The van der Waals surface area contributed by atoms with E-state index < -0.39 is 9.84 Å². The molecule has 0 aliphatic carbocycles. The average Bonchev–Trinajstić information content (AvgIpc) is 2.03. The fourth-order valence-corrected chi connectivity index (χ4v) is 2.24. The van der Waals surface area contributed by atoms with Crippen molar-refractivity contribution in [2.75, 3.05) is 18.1 Å². The molecule has 74 valence electrons. The normalized spacial score (nSPS) is 14.6. The van der Waals surface area contributed by atoms with Crippen LogP contribution in [0.5, 0.6) is 0 Å². The smallest absolute Gasteiger partial charge is 0.151 e. The predicted octanol–water partition coefficient (Wildman–Crippen LogP) is 0.809. The van der Waals surface area contributed by atoms with Gasteiger partial charge in [-0.1, -0.05) is 20.8 Å². The Balaban J connectivity index is 4.02. The quantitative estimate of drug-likeness (QED) is 0.679. The summed E-state index contributed by atoms with van der Waals surface area (Å²) in [5, 5.41) is 3.14. The summed E-state index contributed by atoms with van der Waals surface area (Å²) in [5.74, 6) is 0.517. The van der Waals surface area contributed by atoms with E-state index in [2.05, 4.69) is 5.32 Å². The number of rotatable bonds is 6. The van der Waals surface area contributed by atoms with Gasteiger partial charge in [-0.3, -0.25) is 0 Å². The molecule has 0 fully saturated rings. The molecule has 0 aliphatic heterocycles. The Kier molecular flexibility index (Phi) is 5.50. The second kappa shape index (κ2) is 5.54. The molecule has 0 radical (unpaired) electrons. The van der Waals surface area contributed by atoms with E-state index >= 15 is 0 Å². The number of nitrogens with one attached hydrogen (secondary N) is 1. The first-order valence-corrected chi connectivity index (χ1v) is 6.31. The van der Waals surface area contributed by atoms with Gasteiger partial charge in [0.15, 0.2) is 9.84 Å². The van der Waals surface area contributed by atoms with Crippen molar-refractivity contribution in [2.45, 2.75) is 33.2 Å². The molecule has 0 saturated carbocycles. The maximum Gasteiger partial charge on any atom is 0.151 e. The van der Waals surface area contributed by atoms with Crippen LogP contribution in [-0.2, 0) is 9.84 Å². The molecule has 1 N–H and O–H groups in total. The van der Waals surface area contributed by atoms with Crippen molar-refractivity contribution in [1.29, 1.82) is 0 Å². The highest BCUT2D eigenvalue weighted by atomic mass is 32.2. The van der Waals surface area contributed by atoms with E-state index in [9.17, 15) is 8.42 Å². The summed E-state index contributed by atoms with van der Waals surface area (Å²) < 4.78 is 22.4. The van der Waals surface area contributed by atoms with E-state index in [0.717, 1.165) is 13.0 Å². The molecule has 0 aromatic heterocycles. The van der Waals surface area contributed by atoms with Crippen molar-refractivity contribution in [1.82, 2.24) is 5.32 Å². The monoisotopic (exact) mass is 193 g/mol. The van der Waals surface area contributed by atoms with Gasteiger partial charge in [-0.05, 0) is 13.0 Å². The van der Waals surface area contributed by atoms with Gasteiger partial charge in [0.25, 0.3) is 0 Å². The maximum atomic E-state index is 11.2. The first-order chi connectivity index (χ1) is 5.55. The fraction of sp³-hybridized carbons (Fsp3) is 1.00. The van der Waals surface area contributed by atoms with E-state index in [1.165, 1.54) is 0 Å². The van der Waals surface area contributed by atoms with Gasteiger partial charge in [0.1, 0.15) is 0 Å². The zero-order valence-electron chi connectivity index (χ0n) is 8.13. The Morgan fingerprint density at radius 3 is 2.17 bits per heavy atom. The van der Waals surface area contributed by atoms with E-state index in [1.807, 2.05) is 13.8 Å². The fourth-order valence-electron chi connectivity index (χ4n) is 1.03. The summed E-state index contributed by atoms with van der Waals surface area (Å²) >= 11 is 0. The van der Waals surface area contributed by atoms with Crippen LogP contribution < -0.4 is 5.32 Å². The summed E-state index contributed by atoms with van der Waals surface area (Å²) in [6.45, 7) is 6.51. The highest BCUT2D eigenvalue weighted by Gasteiger charge is 2.14. The third-order valence-electron chi connectivity index (χ3n) is 1.88. The third kappa shape index (κ3) is 4.72. The lowest BCUT2D eigenvalue weighted by Gasteiger charge is -2.14. The van der Waals surface area contributed by atoms with Crippen molar-refractivity contribution >= 4 is 9.84 Å². The Labute approximate surface area is 75.5 Å². The van der Waals surface area contributed by atoms with Gasteiger partial charge in [-0.2, -0.15) is 0 Å². The van der Waals surface area contributed by atoms with Crippen molar-refractivity contribution in [3.05, 3.63) is 0 Å². The molecule has 0 bridgehead atoms. The highest BCUT2D eigenvalue weighted by Crippen LogP contribution is 1.98. The van der Waals surface area contributed by atoms with E-state index in [1.54, 1.807) is 6.92 Å². The first kappa shape index (κ1) is 11.9. The number of hydrogen-bond donors (Lipinski definition) is 1. The van der Waals surface area contributed by atoms with Crippen LogP contribution in [0.1, 0.15) is 27.2 Å². The Morgan fingerprint density at radius 1 is 1.25 bits per heavy atom. The zero-order valence-corrected chi connectivity index (χ0v) is 8.95. The molecular formula is C8H19NO2S. The van der Waals surface area contributed by atoms with Crippen molar-refractivity contribution < 1.29 is 8.42 Å². The number of hydrogen-bond acceptors (Lipinski definition) is 3. The van der Waals surface area contributed by atoms with Gasteiger partial charge in [0.05, 0.1) is 5.75 Å². The highest BCUT2D eigenvalue weighted by molar-refractivity contribution is 7.91. The van der Waals surface area contributed by atoms with Gasteiger partial charge in [-0.15, -0.1) is 0 Å². The Bertz CT molecular complexity index is 199. The summed E-state index contributed by atoms with van der Waals surface area (Å²) in [5.41, 5.74) is 0. The second-order valence-electron chi connectivity index (χ2n) is 2.86. The van der Waals surface area contributed by atoms with Crippen molar-refractivity contribution in [3.8, 4) is 0 Å². The summed E-state index contributed by atoms with van der Waals surface area (Å²) in [7, 11) is -2.82. The van der Waals surface area contributed by atoms with E-state index in [4.69, 9.17) is 0 Å². The lowest BCUT2D eigenvalue weighted by molar-refractivity contribution is 0.534. The summed E-state index contributed by atoms with van der Waals surface area (Å²) in [6.07, 6.45) is 0.868. The Morgan fingerprint density at radius 2 is 1.83 bits per heavy atom. The summed E-state index contributed by atoms with van der Waals surface area (Å²) in [6, 6.07) is 0.125. The van der Waals surface area contributed by atoms with Crippen LogP contribution in [0, 0.1) is 0 Å². The van der Waals surface area contributed by atoms with Crippen molar-refractivity contribution in [2.24, 2.45) is 0 Å². The first-order valence-electron chi connectivity index (χ1n) is 4.49. The average molecular weight is 193 g/mol. The molecule has 0 amide bonds. The molecule has 0 rings (SSSR count). The molecule has 1 unspecified atom stereocenters. The van der Waals surface area contributed by atoms with Gasteiger partial charge < -0.3 is 5.32 Å².